The minimum Gasteiger partial charge on any atom is -0.207 e. The van der Waals surface area contributed by atoms with Crippen LogP contribution in [0.2, 0.25) is 0 Å². The van der Waals surface area contributed by atoms with Crippen molar-refractivity contribution in [3.8, 4) is 0 Å². The predicted molar refractivity (Wildman–Crippen MR) is 39.6 cm³/mol. The molecule has 0 nitrogen and oxygen atoms in total. The van der Waals surface area contributed by atoms with E-state index in [-0.39, 0.29) is 24.2 Å². The summed E-state index contributed by atoms with van der Waals surface area (Å²) < 4.78 is 26.0. The summed E-state index contributed by atoms with van der Waals surface area (Å²) in [4.78, 5) is 0. The third kappa shape index (κ3) is 1.40. The molecule has 0 amide bonds. The van der Waals surface area contributed by atoms with Gasteiger partial charge in [-0.15, -0.1) is 0 Å². The van der Waals surface area contributed by atoms with Gasteiger partial charge in [-0.1, -0.05) is 6.92 Å². The molecule has 64 valence electrons. The van der Waals surface area contributed by atoms with Crippen molar-refractivity contribution in [1.29, 1.82) is 0 Å². The van der Waals surface area contributed by atoms with Crippen molar-refractivity contribution in [3.63, 3.8) is 0 Å². The lowest BCUT2D eigenvalue weighted by molar-refractivity contribution is -0.0753. The Bertz CT molecular complexity index is 164. The molecule has 0 aromatic rings. The quantitative estimate of drug-likeness (QED) is 0.510. The van der Waals surface area contributed by atoms with Gasteiger partial charge in [0.1, 0.15) is 0 Å². The van der Waals surface area contributed by atoms with Crippen LogP contribution in [-0.4, -0.2) is 5.92 Å². The average molecular weight is 160 g/mol. The van der Waals surface area contributed by atoms with Crippen LogP contribution >= 0.6 is 0 Å². The van der Waals surface area contributed by atoms with Crippen molar-refractivity contribution in [2.45, 2.75) is 45.0 Å². The number of halogens is 2. The van der Waals surface area contributed by atoms with Crippen LogP contribution in [0.3, 0.4) is 0 Å². The fourth-order valence-corrected chi connectivity index (χ4v) is 2.57. The maximum absolute atomic E-state index is 13.0. The Labute approximate surface area is 66.0 Å². The van der Waals surface area contributed by atoms with Gasteiger partial charge in [0.25, 0.3) is 0 Å². The van der Waals surface area contributed by atoms with E-state index in [1.807, 2.05) is 6.92 Å². The molecule has 2 heteroatoms. The summed E-state index contributed by atoms with van der Waals surface area (Å²) in [6, 6.07) is 0. The molecule has 2 fully saturated rings. The molecule has 2 aliphatic carbocycles. The Morgan fingerprint density at radius 1 is 1.18 bits per heavy atom. The van der Waals surface area contributed by atoms with Crippen LogP contribution in [0, 0.1) is 11.3 Å². The molecule has 0 heterocycles. The van der Waals surface area contributed by atoms with E-state index in [0.717, 1.165) is 19.3 Å². The second-order valence-corrected chi connectivity index (χ2v) is 4.55. The molecule has 1 spiro atoms. The summed E-state index contributed by atoms with van der Waals surface area (Å²) in [5.74, 6) is -2.12. The van der Waals surface area contributed by atoms with E-state index in [9.17, 15) is 8.78 Å². The molecule has 11 heavy (non-hydrogen) atoms. The zero-order valence-corrected chi connectivity index (χ0v) is 6.87. The van der Waals surface area contributed by atoms with Crippen molar-refractivity contribution >= 4 is 0 Å². The molecule has 1 atom stereocenters. The highest BCUT2D eigenvalue weighted by Gasteiger charge is 2.54. The van der Waals surface area contributed by atoms with E-state index in [4.69, 9.17) is 0 Å². The van der Waals surface area contributed by atoms with Gasteiger partial charge in [0.05, 0.1) is 0 Å². The second-order valence-electron chi connectivity index (χ2n) is 4.55. The standard InChI is InChI=1S/C9H14F2/c1-7-4-8(2-3-8)6-9(10,11)5-7/h7H,2-6H2,1H3. The Morgan fingerprint density at radius 2 is 1.82 bits per heavy atom. The fourth-order valence-electron chi connectivity index (χ4n) is 2.57. The van der Waals surface area contributed by atoms with Crippen molar-refractivity contribution in [2.75, 3.05) is 0 Å². The molecule has 0 aromatic heterocycles. The molecule has 1 unspecified atom stereocenters. The zero-order valence-electron chi connectivity index (χ0n) is 6.87. The van der Waals surface area contributed by atoms with Crippen molar-refractivity contribution in [3.05, 3.63) is 0 Å². The SMILES string of the molecule is CC1CC(F)(F)CC2(CC2)C1. The van der Waals surface area contributed by atoms with Crippen LogP contribution in [0.5, 0.6) is 0 Å². The zero-order chi connectivity index (χ0) is 8.11. The summed E-state index contributed by atoms with van der Waals surface area (Å²) in [7, 11) is 0. The van der Waals surface area contributed by atoms with E-state index in [2.05, 4.69) is 0 Å². The molecule has 0 aliphatic heterocycles. The minimum absolute atomic E-state index is 0.0845. The first kappa shape index (κ1) is 7.51. The van der Waals surface area contributed by atoms with Gasteiger partial charge in [-0.3, -0.25) is 0 Å². The number of hydrogen-bond donors (Lipinski definition) is 0. The largest absolute Gasteiger partial charge is 0.248 e. The number of hydrogen-bond acceptors (Lipinski definition) is 0. The smallest absolute Gasteiger partial charge is 0.207 e. The Kier molecular flexibility index (Phi) is 1.34. The molecule has 0 aromatic carbocycles. The molecule has 0 bridgehead atoms. The van der Waals surface area contributed by atoms with Crippen molar-refractivity contribution in [2.24, 2.45) is 11.3 Å². The maximum Gasteiger partial charge on any atom is 0.248 e. The highest BCUT2D eigenvalue weighted by Crippen LogP contribution is 2.61. The monoisotopic (exact) mass is 160 g/mol. The van der Waals surface area contributed by atoms with Gasteiger partial charge >= 0.3 is 0 Å². The van der Waals surface area contributed by atoms with Crippen molar-refractivity contribution in [1.82, 2.24) is 0 Å². The summed E-state index contributed by atoms with van der Waals surface area (Å²) in [6.45, 7) is 1.95. The molecule has 2 rings (SSSR count). The first-order valence-corrected chi connectivity index (χ1v) is 4.39. The highest BCUT2D eigenvalue weighted by molar-refractivity contribution is 5.01. The summed E-state index contributed by atoms with van der Waals surface area (Å²) in [5.41, 5.74) is 0.0845. The highest BCUT2D eigenvalue weighted by atomic mass is 19.3. The number of rotatable bonds is 0. The summed E-state index contributed by atoms with van der Waals surface area (Å²) >= 11 is 0. The third-order valence-electron chi connectivity index (χ3n) is 3.02. The molecule has 0 saturated heterocycles. The molecule has 2 aliphatic rings. The molecule has 2 saturated carbocycles. The van der Waals surface area contributed by atoms with Crippen LogP contribution in [0.1, 0.15) is 39.0 Å². The summed E-state index contributed by atoms with van der Waals surface area (Å²) in [6.07, 6.45) is 3.43. The van der Waals surface area contributed by atoms with Crippen LogP contribution in [0.25, 0.3) is 0 Å². The van der Waals surface area contributed by atoms with Gasteiger partial charge in [0.15, 0.2) is 0 Å². The van der Waals surface area contributed by atoms with Crippen LogP contribution in [0.4, 0.5) is 8.78 Å². The average Bonchev–Trinajstić information content (AvgIpc) is 2.41. The van der Waals surface area contributed by atoms with E-state index in [1.54, 1.807) is 0 Å². The fraction of sp³-hybridized carbons (Fsp3) is 1.00. The first-order valence-electron chi connectivity index (χ1n) is 4.39. The van der Waals surface area contributed by atoms with E-state index in [1.165, 1.54) is 0 Å². The van der Waals surface area contributed by atoms with Gasteiger partial charge in [-0.25, -0.2) is 8.78 Å². The van der Waals surface area contributed by atoms with Gasteiger partial charge < -0.3 is 0 Å². The maximum atomic E-state index is 13.0. The minimum atomic E-state index is -2.35. The van der Waals surface area contributed by atoms with Crippen LogP contribution in [-0.2, 0) is 0 Å². The number of alkyl halides is 2. The molecular formula is C9H14F2. The Balaban J connectivity index is 2.09. The lowest BCUT2D eigenvalue weighted by Crippen LogP contribution is -2.31. The van der Waals surface area contributed by atoms with Crippen LogP contribution in [0.15, 0.2) is 0 Å². The second kappa shape index (κ2) is 1.96. The van der Waals surface area contributed by atoms with E-state index < -0.39 is 5.92 Å². The van der Waals surface area contributed by atoms with Gasteiger partial charge in [-0.05, 0) is 30.6 Å². The van der Waals surface area contributed by atoms with Gasteiger partial charge in [-0.2, -0.15) is 0 Å². The predicted octanol–water partition coefficient (Wildman–Crippen LogP) is 3.22. The Hall–Kier alpha value is -0.140. The van der Waals surface area contributed by atoms with Crippen molar-refractivity contribution < 1.29 is 8.78 Å². The lowest BCUT2D eigenvalue weighted by atomic mass is 9.78. The lowest BCUT2D eigenvalue weighted by Gasteiger charge is -2.33. The first-order chi connectivity index (χ1) is 5.02. The summed E-state index contributed by atoms with van der Waals surface area (Å²) in [5, 5.41) is 0. The topological polar surface area (TPSA) is 0 Å². The Morgan fingerprint density at radius 3 is 2.27 bits per heavy atom. The molecular weight excluding hydrogens is 146 g/mol. The third-order valence-corrected chi connectivity index (χ3v) is 3.02. The van der Waals surface area contributed by atoms with Crippen LogP contribution < -0.4 is 0 Å². The van der Waals surface area contributed by atoms with E-state index >= 15 is 0 Å². The molecule has 0 radical (unpaired) electrons. The van der Waals surface area contributed by atoms with Gasteiger partial charge in [0.2, 0.25) is 5.92 Å². The molecule has 0 N–H and O–H groups in total. The normalized spacial score (nSPS) is 39.0. The van der Waals surface area contributed by atoms with E-state index in [0.29, 0.717) is 0 Å². The van der Waals surface area contributed by atoms with Gasteiger partial charge in [0, 0.05) is 12.8 Å².